The van der Waals surface area contributed by atoms with Crippen molar-refractivity contribution in [2.45, 2.75) is 103 Å². The first-order valence-corrected chi connectivity index (χ1v) is 15.6. The van der Waals surface area contributed by atoms with Gasteiger partial charge in [-0.15, -0.1) is 6.58 Å². The molecular weight excluding hydrogens is 454 g/mol. The highest BCUT2D eigenvalue weighted by Gasteiger charge is 2.45. The molecular formula is C29H49NO4Si. The van der Waals surface area contributed by atoms with Crippen molar-refractivity contribution in [2.24, 2.45) is 11.8 Å². The standard InChI is InChI=1S/C29H49NO4Si/c1-10-25(16-17-33-35(20(2)3,21(4)5)22(6)7)18-27(31)23(8)19-30-24(9)28(34-29(30)32)26-14-12-11-13-15-26/h10-15,20-25,27-28,31H,1,16-19H2,2-9H3/t23-,24-,25-,27+,28-/m0/s1. The average Bonchev–Trinajstić information content (AvgIpc) is 3.08. The van der Waals surface area contributed by atoms with Crippen LogP contribution >= 0.6 is 0 Å². The van der Waals surface area contributed by atoms with Crippen LogP contribution in [0.4, 0.5) is 4.79 Å². The highest BCUT2D eigenvalue weighted by atomic mass is 28.4. The molecule has 1 aromatic rings. The van der Waals surface area contributed by atoms with E-state index >= 15 is 0 Å². The lowest BCUT2D eigenvalue weighted by Gasteiger charge is -2.42. The molecule has 1 amide bonds. The number of ether oxygens (including phenoxy) is 1. The summed E-state index contributed by atoms with van der Waals surface area (Å²) < 4.78 is 12.4. The number of amides is 1. The second-order valence-electron chi connectivity index (χ2n) is 11.3. The Morgan fingerprint density at radius 3 is 2.17 bits per heavy atom. The quantitative estimate of drug-likeness (QED) is 0.213. The van der Waals surface area contributed by atoms with Crippen molar-refractivity contribution in [3.63, 3.8) is 0 Å². The van der Waals surface area contributed by atoms with Gasteiger partial charge in [0.15, 0.2) is 8.32 Å². The molecule has 1 N–H and O–H groups in total. The number of hydrogen-bond donors (Lipinski definition) is 1. The van der Waals surface area contributed by atoms with Crippen molar-refractivity contribution in [1.82, 2.24) is 4.90 Å². The average molecular weight is 504 g/mol. The maximum atomic E-state index is 12.6. The molecule has 5 atom stereocenters. The van der Waals surface area contributed by atoms with E-state index < -0.39 is 14.4 Å². The van der Waals surface area contributed by atoms with Gasteiger partial charge in [-0.2, -0.15) is 0 Å². The molecule has 0 spiro atoms. The Bertz CT molecular complexity index is 775. The van der Waals surface area contributed by atoms with E-state index in [4.69, 9.17) is 9.16 Å². The number of aliphatic hydroxyl groups is 1. The SMILES string of the molecule is C=C[C@@H](CCO[Si](C(C)C)(C(C)C)C(C)C)C[C@@H](O)[C@@H](C)CN1C(=O)O[C@H](c2ccccc2)[C@@H]1C. The van der Waals surface area contributed by atoms with Crippen molar-refractivity contribution < 1.29 is 19.1 Å². The monoisotopic (exact) mass is 503 g/mol. The van der Waals surface area contributed by atoms with Gasteiger partial charge in [0, 0.05) is 13.2 Å². The van der Waals surface area contributed by atoms with E-state index in [-0.39, 0.29) is 30.1 Å². The molecule has 0 aliphatic carbocycles. The van der Waals surface area contributed by atoms with Crippen LogP contribution in [0.3, 0.4) is 0 Å². The number of rotatable bonds is 14. The van der Waals surface area contributed by atoms with Crippen LogP contribution in [0.1, 0.15) is 79.9 Å². The summed E-state index contributed by atoms with van der Waals surface area (Å²) in [7, 11) is -1.90. The number of benzene rings is 1. The summed E-state index contributed by atoms with van der Waals surface area (Å²) in [4.78, 5) is 14.4. The van der Waals surface area contributed by atoms with Gasteiger partial charge in [-0.25, -0.2) is 4.79 Å². The third-order valence-corrected chi connectivity index (χ3v) is 14.2. The Hall–Kier alpha value is -1.63. The van der Waals surface area contributed by atoms with E-state index in [9.17, 15) is 9.90 Å². The summed E-state index contributed by atoms with van der Waals surface area (Å²) in [6.07, 6.45) is 2.30. The predicted octanol–water partition coefficient (Wildman–Crippen LogP) is 7.34. The third-order valence-electron chi connectivity index (χ3n) is 8.09. The molecule has 35 heavy (non-hydrogen) atoms. The number of carbonyl (C=O) groups excluding carboxylic acids is 1. The predicted molar refractivity (Wildman–Crippen MR) is 147 cm³/mol. The van der Waals surface area contributed by atoms with Crippen LogP contribution in [-0.4, -0.2) is 49.7 Å². The minimum absolute atomic E-state index is 0.0710. The molecule has 0 bridgehead atoms. The molecule has 1 aromatic carbocycles. The lowest BCUT2D eigenvalue weighted by Crippen LogP contribution is -2.48. The molecule has 198 valence electrons. The molecule has 1 aliphatic rings. The zero-order chi connectivity index (χ0) is 26.3. The Balaban J connectivity index is 1.92. The van der Waals surface area contributed by atoms with Gasteiger partial charge in [-0.1, -0.05) is 84.9 Å². The number of aliphatic hydroxyl groups excluding tert-OH is 1. The fourth-order valence-corrected chi connectivity index (χ4v) is 11.5. The van der Waals surface area contributed by atoms with Crippen molar-refractivity contribution >= 4 is 14.4 Å². The van der Waals surface area contributed by atoms with E-state index in [1.54, 1.807) is 4.90 Å². The topological polar surface area (TPSA) is 59.0 Å². The van der Waals surface area contributed by atoms with E-state index in [1.807, 2.05) is 50.3 Å². The van der Waals surface area contributed by atoms with Gasteiger partial charge in [-0.05, 0) is 53.8 Å². The van der Waals surface area contributed by atoms with E-state index in [0.29, 0.717) is 36.2 Å². The molecule has 6 heteroatoms. The van der Waals surface area contributed by atoms with Gasteiger partial charge in [0.1, 0.15) is 6.10 Å². The summed E-state index contributed by atoms with van der Waals surface area (Å²) in [5.74, 6) is 0.101. The molecule has 2 rings (SSSR count). The number of nitrogens with zero attached hydrogens (tertiary/aromatic N) is 1. The molecule has 1 heterocycles. The Morgan fingerprint density at radius 2 is 1.66 bits per heavy atom. The van der Waals surface area contributed by atoms with Gasteiger partial charge in [0.05, 0.1) is 12.1 Å². The smallest absolute Gasteiger partial charge is 0.410 e. The van der Waals surface area contributed by atoms with E-state index in [0.717, 1.165) is 12.0 Å². The molecule has 1 fully saturated rings. The first-order valence-electron chi connectivity index (χ1n) is 13.4. The van der Waals surface area contributed by atoms with Gasteiger partial charge in [0.25, 0.3) is 0 Å². The van der Waals surface area contributed by atoms with Crippen LogP contribution in [0.5, 0.6) is 0 Å². The van der Waals surface area contributed by atoms with E-state index in [2.05, 4.69) is 48.1 Å². The maximum absolute atomic E-state index is 12.6. The van der Waals surface area contributed by atoms with Crippen LogP contribution in [0.15, 0.2) is 43.0 Å². The summed E-state index contributed by atoms with van der Waals surface area (Å²) in [5.41, 5.74) is 2.66. The largest absolute Gasteiger partial charge is 0.439 e. The molecule has 1 aliphatic heterocycles. The molecule has 0 aromatic heterocycles. The van der Waals surface area contributed by atoms with Gasteiger partial charge < -0.3 is 19.2 Å². The highest BCUT2D eigenvalue weighted by Crippen LogP contribution is 2.42. The Kier molecular flexibility index (Phi) is 11.0. The van der Waals surface area contributed by atoms with Crippen molar-refractivity contribution in [3.8, 4) is 0 Å². The lowest BCUT2D eigenvalue weighted by molar-refractivity contribution is 0.0723. The fraction of sp³-hybridized carbons (Fsp3) is 0.690. The summed E-state index contributed by atoms with van der Waals surface area (Å²) in [6.45, 7) is 23.0. The number of cyclic esters (lactones) is 1. The summed E-state index contributed by atoms with van der Waals surface area (Å²) in [6, 6.07) is 9.77. The zero-order valence-electron chi connectivity index (χ0n) is 23.2. The van der Waals surface area contributed by atoms with Gasteiger partial charge in [0.2, 0.25) is 0 Å². The molecule has 0 radical (unpaired) electrons. The molecule has 5 nitrogen and oxygen atoms in total. The minimum Gasteiger partial charge on any atom is -0.439 e. The Labute approximate surface area is 215 Å². The maximum Gasteiger partial charge on any atom is 0.410 e. The summed E-state index contributed by atoms with van der Waals surface area (Å²) >= 11 is 0. The van der Waals surface area contributed by atoms with Crippen LogP contribution in [0, 0.1) is 11.8 Å². The Morgan fingerprint density at radius 1 is 1.09 bits per heavy atom. The second kappa shape index (κ2) is 13.1. The third kappa shape index (κ3) is 6.99. The number of hydrogen-bond acceptors (Lipinski definition) is 4. The van der Waals surface area contributed by atoms with Crippen molar-refractivity contribution in [3.05, 3.63) is 48.6 Å². The second-order valence-corrected chi connectivity index (χ2v) is 16.8. The first kappa shape index (κ1) is 29.6. The highest BCUT2D eigenvalue weighted by molar-refractivity contribution is 6.77. The fourth-order valence-electron chi connectivity index (χ4n) is 6.03. The van der Waals surface area contributed by atoms with Gasteiger partial charge in [-0.3, -0.25) is 0 Å². The van der Waals surface area contributed by atoms with Crippen LogP contribution in [0.2, 0.25) is 16.6 Å². The first-order chi connectivity index (χ1) is 16.4. The van der Waals surface area contributed by atoms with Crippen molar-refractivity contribution in [2.75, 3.05) is 13.2 Å². The van der Waals surface area contributed by atoms with Crippen LogP contribution in [-0.2, 0) is 9.16 Å². The normalized spacial score (nSPS) is 21.5. The minimum atomic E-state index is -1.90. The zero-order valence-corrected chi connectivity index (χ0v) is 24.2. The number of allylic oxidation sites excluding steroid dienone is 1. The van der Waals surface area contributed by atoms with Gasteiger partial charge >= 0.3 is 6.09 Å². The van der Waals surface area contributed by atoms with Crippen LogP contribution in [0.25, 0.3) is 0 Å². The lowest BCUT2D eigenvalue weighted by atomic mass is 9.91. The summed E-state index contributed by atoms with van der Waals surface area (Å²) in [5, 5.41) is 11.0. The number of carbonyl (C=O) groups is 1. The van der Waals surface area contributed by atoms with Crippen molar-refractivity contribution in [1.29, 1.82) is 0 Å². The molecule has 0 unspecified atom stereocenters. The van der Waals surface area contributed by atoms with Crippen LogP contribution < -0.4 is 0 Å². The molecule has 1 saturated heterocycles. The molecule has 0 saturated carbocycles. The van der Waals surface area contributed by atoms with E-state index in [1.165, 1.54) is 0 Å².